The molecule has 1 aliphatic rings. The van der Waals surface area contributed by atoms with E-state index in [0.717, 1.165) is 38.9 Å². The summed E-state index contributed by atoms with van der Waals surface area (Å²) < 4.78 is 0. The van der Waals surface area contributed by atoms with Crippen molar-refractivity contribution in [3.8, 4) is 0 Å². The maximum Gasteiger partial charge on any atom is 0.237 e. The Morgan fingerprint density at radius 1 is 1.62 bits per heavy atom. The minimum absolute atomic E-state index is 0.0499. The van der Waals surface area contributed by atoms with E-state index in [9.17, 15) is 4.79 Å². The average molecular weight is 227 g/mol. The molecule has 0 aromatic heterocycles. The SMILES string of the molecule is CCC(C)N(C)CCNC(=O)[C@@H]1CCCN1. The summed E-state index contributed by atoms with van der Waals surface area (Å²) in [7, 11) is 2.11. The molecule has 1 heterocycles. The summed E-state index contributed by atoms with van der Waals surface area (Å²) >= 11 is 0. The first-order valence-electron chi connectivity index (χ1n) is 6.36. The smallest absolute Gasteiger partial charge is 0.237 e. The first-order chi connectivity index (χ1) is 7.65. The van der Waals surface area contributed by atoms with Crippen molar-refractivity contribution in [1.29, 1.82) is 0 Å². The van der Waals surface area contributed by atoms with Crippen molar-refractivity contribution < 1.29 is 4.79 Å². The zero-order valence-corrected chi connectivity index (χ0v) is 10.8. The van der Waals surface area contributed by atoms with Crippen LogP contribution in [0.15, 0.2) is 0 Å². The van der Waals surface area contributed by atoms with Gasteiger partial charge in [-0.05, 0) is 39.8 Å². The minimum Gasteiger partial charge on any atom is -0.353 e. The van der Waals surface area contributed by atoms with Crippen LogP contribution in [-0.2, 0) is 4.79 Å². The molecular weight excluding hydrogens is 202 g/mol. The number of carbonyl (C=O) groups is 1. The number of hydrogen-bond acceptors (Lipinski definition) is 3. The van der Waals surface area contributed by atoms with Crippen LogP contribution in [0.1, 0.15) is 33.1 Å². The maximum atomic E-state index is 11.7. The van der Waals surface area contributed by atoms with Crippen molar-refractivity contribution in [1.82, 2.24) is 15.5 Å². The monoisotopic (exact) mass is 227 g/mol. The highest BCUT2D eigenvalue weighted by molar-refractivity contribution is 5.81. The fourth-order valence-electron chi connectivity index (χ4n) is 1.92. The lowest BCUT2D eigenvalue weighted by atomic mass is 10.2. The fraction of sp³-hybridized carbons (Fsp3) is 0.917. The third-order valence-corrected chi connectivity index (χ3v) is 3.48. The molecule has 16 heavy (non-hydrogen) atoms. The summed E-state index contributed by atoms with van der Waals surface area (Å²) in [6.45, 7) is 7.04. The summed E-state index contributed by atoms with van der Waals surface area (Å²) in [5.74, 6) is 0.162. The van der Waals surface area contributed by atoms with Gasteiger partial charge in [-0.1, -0.05) is 6.92 Å². The number of nitrogens with one attached hydrogen (secondary N) is 2. The first kappa shape index (κ1) is 13.5. The lowest BCUT2D eigenvalue weighted by molar-refractivity contribution is -0.122. The van der Waals surface area contributed by atoms with Crippen LogP contribution >= 0.6 is 0 Å². The third kappa shape index (κ3) is 4.10. The maximum absolute atomic E-state index is 11.7. The van der Waals surface area contributed by atoms with Gasteiger partial charge in [0.05, 0.1) is 6.04 Å². The van der Waals surface area contributed by atoms with Crippen LogP contribution in [-0.4, -0.2) is 49.6 Å². The average Bonchev–Trinajstić information content (AvgIpc) is 2.81. The summed E-state index contributed by atoms with van der Waals surface area (Å²) in [6, 6.07) is 0.635. The van der Waals surface area contributed by atoms with Gasteiger partial charge in [0.1, 0.15) is 0 Å². The molecule has 0 aromatic rings. The van der Waals surface area contributed by atoms with Crippen LogP contribution in [0.5, 0.6) is 0 Å². The Balaban J connectivity index is 2.12. The van der Waals surface area contributed by atoms with E-state index < -0.39 is 0 Å². The van der Waals surface area contributed by atoms with Crippen molar-refractivity contribution in [2.45, 2.75) is 45.2 Å². The lowest BCUT2D eigenvalue weighted by Crippen LogP contribution is -2.44. The molecule has 1 unspecified atom stereocenters. The second kappa shape index (κ2) is 6.86. The molecule has 1 fully saturated rings. The minimum atomic E-state index is 0.0499. The largest absolute Gasteiger partial charge is 0.353 e. The molecule has 2 atom stereocenters. The van der Waals surface area contributed by atoms with Crippen LogP contribution in [0.4, 0.5) is 0 Å². The van der Waals surface area contributed by atoms with Crippen LogP contribution in [0.25, 0.3) is 0 Å². The molecule has 0 saturated carbocycles. The van der Waals surface area contributed by atoms with E-state index >= 15 is 0 Å². The summed E-state index contributed by atoms with van der Waals surface area (Å²) in [5, 5.41) is 6.19. The van der Waals surface area contributed by atoms with Gasteiger partial charge < -0.3 is 15.5 Å². The Morgan fingerprint density at radius 2 is 2.38 bits per heavy atom. The van der Waals surface area contributed by atoms with E-state index in [1.54, 1.807) is 0 Å². The number of likely N-dealkylation sites (N-methyl/N-ethyl adjacent to an activating group) is 1. The molecule has 4 nitrogen and oxygen atoms in total. The van der Waals surface area contributed by atoms with E-state index in [4.69, 9.17) is 0 Å². The van der Waals surface area contributed by atoms with Gasteiger partial charge in [-0.15, -0.1) is 0 Å². The molecule has 2 N–H and O–H groups in total. The van der Waals surface area contributed by atoms with Crippen LogP contribution in [0.2, 0.25) is 0 Å². The van der Waals surface area contributed by atoms with Gasteiger partial charge in [0.2, 0.25) is 5.91 Å². The van der Waals surface area contributed by atoms with E-state index in [-0.39, 0.29) is 11.9 Å². The zero-order chi connectivity index (χ0) is 12.0. The molecule has 0 radical (unpaired) electrons. The van der Waals surface area contributed by atoms with Gasteiger partial charge >= 0.3 is 0 Å². The third-order valence-electron chi connectivity index (χ3n) is 3.48. The Morgan fingerprint density at radius 3 is 2.94 bits per heavy atom. The van der Waals surface area contributed by atoms with E-state index in [2.05, 4.69) is 36.4 Å². The standard InChI is InChI=1S/C12H25N3O/c1-4-10(2)15(3)9-8-14-12(16)11-6-5-7-13-11/h10-11,13H,4-9H2,1-3H3,(H,14,16)/t10?,11-/m0/s1. The zero-order valence-electron chi connectivity index (χ0n) is 10.8. The summed E-state index contributed by atoms with van der Waals surface area (Å²) in [4.78, 5) is 14.0. The fourth-order valence-corrected chi connectivity index (χ4v) is 1.92. The van der Waals surface area contributed by atoms with E-state index in [0.29, 0.717) is 6.04 Å². The molecule has 0 bridgehead atoms. The van der Waals surface area contributed by atoms with Gasteiger partial charge in [0.25, 0.3) is 0 Å². The summed E-state index contributed by atoms with van der Waals surface area (Å²) in [5.41, 5.74) is 0. The molecule has 1 saturated heterocycles. The van der Waals surface area contributed by atoms with E-state index in [1.165, 1.54) is 0 Å². The summed E-state index contributed by atoms with van der Waals surface area (Å²) in [6.07, 6.45) is 3.24. The lowest BCUT2D eigenvalue weighted by Gasteiger charge is -2.23. The molecule has 94 valence electrons. The Kier molecular flexibility index (Phi) is 5.77. The van der Waals surface area contributed by atoms with Crippen molar-refractivity contribution in [3.63, 3.8) is 0 Å². The normalized spacial score (nSPS) is 22.4. The van der Waals surface area contributed by atoms with Crippen LogP contribution in [0, 0.1) is 0 Å². The molecule has 0 aliphatic carbocycles. The second-order valence-electron chi connectivity index (χ2n) is 4.68. The van der Waals surface area contributed by atoms with Gasteiger partial charge in [-0.3, -0.25) is 4.79 Å². The second-order valence-corrected chi connectivity index (χ2v) is 4.68. The predicted molar refractivity (Wildman–Crippen MR) is 66.4 cm³/mol. The Bertz CT molecular complexity index is 214. The molecule has 1 amide bonds. The van der Waals surface area contributed by atoms with Gasteiger partial charge in [0, 0.05) is 19.1 Å². The number of hydrogen-bond donors (Lipinski definition) is 2. The van der Waals surface area contributed by atoms with Crippen LogP contribution in [0.3, 0.4) is 0 Å². The molecule has 1 aliphatic heterocycles. The van der Waals surface area contributed by atoms with Crippen molar-refractivity contribution in [3.05, 3.63) is 0 Å². The quantitative estimate of drug-likeness (QED) is 0.698. The first-order valence-corrected chi connectivity index (χ1v) is 6.36. The van der Waals surface area contributed by atoms with Gasteiger partial charge in [-0.2, -0.15) is 0 Å². The molecule has 0 spiro atoms. The van der Waals surface area contributed by atoms with Crippen molar-refractivity contribution in [2.75, 3.05) is 26.7 Å². The van der Waals surface area contributed by atoms with Crippen molar-refractivity contribution >= 4 is 5.91 Å². The highest BCUT2D eigenvalue weighted by Crippen LogP contribution is 2.04. The number of rotatable bonds is 6. The van der Waals surface area contributed by atoms with Gasteiger partial charge in [-0.25, -0.2) is 0 Å². The number of amides is 1. The Labute approximate surface area is 98.8 Å². The number of nitrogens with zero attached hydrogens (tertiary/aromatic N) is 1. The highest BCUT2D eigenvalue weighted by Gasteiger charge is 2.21. The predicted octanol–water partition coefficient (Wildman–Crippen LogP) is 0.585. The van der Waals surface area contributed by atoms with E-state index in [1.807, 2.05) is 0 Å². The van der Waals surface area contributed by atoms with Gasteiger partial charge in [0.15, 0.2) is 0 Å². The molecule has 0 aromatic carbocycles. The molecule has 1 rings (SSSR count). The highest BCUT2D eigenvalue weighted by atomic mass is 16.2. The Hall–Kier alpha value is -0.610. The molecular formula is C12H25N3O. The number of carbonyl (C=O) groups excluding carboxylic acids is 1. The van der Waals surface area contributed by atoms with Crippen molar-refractivity contribution in [2.24, 2.45) is 0 Å². The topological polar surface area (TPSA) is 44.4 Å². The molecule has 4 heteroatoms. The van der Waals surface area contributed by atoms with Crippen LogP contribution < -0.4 is 10.6 Å².